The summed E-state index contributed by atoms with van der Waals surface area (Å²) in [6, 6.07) is 2.00. The first-order chi connectivity index (χ1) is 9.67. The van der Waals surface area contributed by atoms with Gasteiger partial charge in [0.1, 0.15) is 0 Å². The first-order valence-electron chi connectivity index (χ1n) is 7.37. The average Bonchev–Trinajstić information content (AvgIpc) is 2.86. The van der Waals surface area contributed by atoms with Crippen molar-refractivity contribution in [2.45, 2.75) is 46.1 Å². The molecule has 3 nitrogen and oxygen atoms in total. The van der Waals surface area contributed by atoms with E-state index in [0.29, 0.717) is 0 Å². The summed E-state index contributed by atoms with van der Waals surface area (Å²) < 4.78 is 0. The van der Waals surface area contributed by atoms with Crippen LogP contribution >= 0.6 is 11.3 Å². The highest BCUT2D eigenvalue weighted by Gasteiger charge is 2.09. The normalized spacial score (nSPS) is 11.6. The minimum absolute atomic E-state index is 0.893. The molecule has 0 spiro atoms. The van der Waals surface area contributed by atoms with Crippen LogP contribution in [-0.4, -0.2) is 29.1 Å². The maximum Gasteiger partial charge on any atom is 0.328 e. The number of hydrogen-bond donors (Lipinski definition) is 1. The third-order valence-corrected chi connectivity index (χ3v) is 4.13. The van der Waals surface area contributed by atoms with Gasteiger partial charge in [-0.2, -0.15) is 0 Å². The summed E-state index contributed by atoms with van der Waals surface area (Å²) in [5, 5.41) is 10.8. The monoisotopic (exact) mass is 295 g/mol. The van der Waals surface area contributed by atoms with Crippen LogP contribution in [0.5, 0.6) is 0 Å². The zero-order chi connectivity index (χ0) is 14.8. The van der Waals surface area contributed by atoms with Gasteiger partial charge in [-0.3, -0.25) is 4.90 Å². The van der Waals surface area contributed by atoms with Crippen molar-refractivity contribution in [1.29, 1.82) is 0 Å². The van der Waals surface area contributed by atoms with Crippen molar-refractivity contribution in [2.75, 3.05) is 13.1 Å². The van der Waals surface area contributed by atoms with E-state index >= 15 is 0 Å². The van der Waals surface area contributed by atoms with Gasteiger partial charge >= 0.3 is 5.97 Å². The molecule has 0 fully saturated rings. The lowest BCUT2D eigenvalue weighted by molar-refractivity contribution is -0.131. The molecule has 1 aromatic heterocycles. The van der Waals surface area contributed by atoms with Gasteiger partial charge in [0.2, 0.25) is 0 Å². The Morgan fingerprint density at radius 2 is 1.95 bits per heavy atom. The van der Waals surface area contributed by atoms with Crippen LogP contribution in [0.4, 0.5) is 0 Å². The molecule has 1 aromatic rings. The van der Waals surface area contributed by atoms with Crippen LogP contribution in [0.3, 0.4) is 0 Å². The lowest BCUT2D eigenvalue weighted by atomic mass is 10.2. The number of carbonyl (C=O) groups is 1. The van der Waals surface area contributed by atoms with E-state index in [1.807, 2.05) is 11.4 Å². The topological polar surface area (TPSA) is 40.5 Å². The van der Waals surface area contributed by atoms with E-state index in [1.54, 1.807) is 17.4 Å². The molecule has 0 aliphatic carbocycles. The summed E-state index contributed by atoms with van der Waals surface area (Å²) in [5.41, 5.74) is 1.04. The van der Waals surface area contributed by atoms with Crippen LogP contribution in [0, 0.1) is 0 Å². The molecule has 0 bridgehead atoms. The van der Waals surface area contributed by atoms with E-state index in [4.69, 9.17) is 5.11 Å². The van der Waals surface area contributed by atoms with Crippen LogP contribution in [0.2, 0.25) is 0 Å². The van der Waals surface area contributed by atoms with Crippen LogP contribution in [-0.2, 0) is 11.3 Å². The van der Waals surface area contributed by atoms with Gasteiger partial charge in [0.25, 0.3) is 0 Å². The van der Waals surface area contributed by atoms with Crippen LogP contribution in [0.1, 0.15) is 50.0 Å². The predicted molar refractivity (Wildman–Crippen MR) is 86.1 cm³/mol. The number of carboxylic acids is 1. The summed E-state index contributed by atoms with van der Waals surface area (Å²) >= 11 is 1.71. The van der Waals surface area contributed by atoms with Gasteiger partial charge in [-0.1, -0.05) is 26.7 Å². The SMILES string of the molecule is CCCCN(CCCC)Cc1sccc1C=CC(=O)O. The molecular formula is C16H25NO2S. The molecule has 0 radical (unpaired) electrons. The van der Waals surface area contributed by atoms with E-state index in [1.165, 1.54) is 36.6 Å². The molecule has 1 heterocycles. The van der Waals surface area contributed by atoms with Crippen LogP contribution in [0.25, 0.3) is 6.08 Å². The Kier molecular flexibility index (Phi) is 8.23. The summed E-state index contributed by atoms with van der Waals surface area (Å²) in [5.74, 6) is -0.893. The number of rotatable bonds is 10. The van der Waals surface area contributed by atoms with Crippen LogP contribution in [0.15, 0.2) is 17.5 Å². The quantitative estimate of drug-likeness (QED) is 0.656. The molecule has 0 unspecified atom stereocenters. The number of carboxylic acid groups (broad SMARTS) is 1. The first-order valence-corrected chi connectivity index (χ1v) is 8.25. The number of hydrogen-bond acceptors (Lipinski definition) is 3. The molecule has 0 amide bonds. The van der Waals surface area contributed by atoms with Crippen molar-refractivity contribution in [3.05, 3.63) is 28.0 Å². The van der Waals surface area contributed by atoms with E-state index in [-0.39, 0.29) is 0 Å². The van der Waals surface area contributed by atoms with Gasteiger partial charge in [0.05, 0.1) is 0 Å². The molecule has 4 heteroatoms. The van der Waals surface area contributed by atoms with Crippen molar-refractivity contribution in [1.82, 2.24) is 4.90 Å². The highest BCUT2D eigenvalue weighted by molar-refractivity contribution is 7.10. The Hall–Kier alpha value is -1.13. The zero-order valence-corrected chi connectivity index (χ0v) is 13.3. The zero-order valence-electron chi connectivity index (χ0n) is 12.5. The highest BCUT2D eigenvalue weighted by atomic mass is 32.1. The van der Waals surface area contributed by atoms with Crippen molar-refractivity contribution < 1.29 is 9.90 Å². The highest BCUT2D eigenvalue weighted by Crippen LogP contribution is 2.21. The minimum atomic E-state index is -0.893. The Labute approximate surface area is 125 Å². The summed E-state index contributed by atoms with van der Waals surface area (Å²) in [6.07, 6.45) is 7.77. The third-order valence-electron chi connectivity index (χ3n) is 3.21. The van der Waals surface area contributed by atoms with Crippen LogP contribution < -0.4 is 0 Å². The fourth-order valence-corrected chi connectivity index (χ4v) is 2.93. The van der Waals surface area contributed by atoms with Gasteiger partial charge in [0.15, 0.2) is 0 Å². The minimum Gasteiger partial charge on any atom is -0.478 e. The molecule has 0 saturated carbocycles. The molecule has 0 atom stereocenters. The first kappa shape index (κ1) is 16.9. The second-order valence-electron chi connectivity index (χ2n) is 4.95. The maximum absolute atomic E-state index is 10.6. The maximum atomic E-state index is 10.6. The Balaban J connectivity index is 2.67. The second-order valence-corrected chi connectivity index (χ2v) is 5.95. The van der Waals surface area contributed by atoms with Gasteiger partial charge in [0, 0.05) is 17.5 Å². The molecule has 0 aliphatic heterocycles. The van der Waals surface area contributed by atoms with E-state index in [2.05, 4.69) is 18.7 Å². The van der Waals surface area contributed by atoms with Crippen molar-refractivity contribution in [3.8, 4) is 0 Å². The predicted octanol–water partition coefficient (Wildman–Crippen LogP) is 4.25. The van der Waals surface area contributed by atoms with Gasteiger partial charge in [-0.15, -0.1) is 11.3 Å². The number of nitrogens with zero attached hydrogens (tertiary/aromatic N) is 1. The molecule has 20 heavy (non-hydrogen) atoms. The van der Waals surface area contributed by atoms with E-state index < -0.39 is 5.97 Å². The molecule has 0 aliphatic rings. The number of unbranched alkanes of at least 4 members (excludes halogenated alkanes) is 2. The number of thiophene rings is 1. The van der Waals surface area contributed by atoms with E-state index in [9.17, 15) is 4.79 Å². The van der Waals surface area contributed by atoms with Crippen molar-refractivity contribution in [3.63, 3.8) is 0 Å². The van der Waals surface area contributed by atoms with Crippen molar-refractivity contribution >= 4 is 23.4 Å². The van der Waals surface area contributed by atoms with Gasteiger partial charge in [-0.25, -0.2) is 4.79 Å². The molecule has 1 N–H and O–H groups in total. The lowest BCUT2D eigenvalue weighted by Gasteiger charge is -2.21. The summed E-state index contributed by atoms with van der Waals surface area (Å²) in [6.45, 7) is 7.60. The van der Waals surface area contributed by atoms with Crippen molar-refractivity contribution in [2.24, 2.45) is 0 Å². The fourth-order valence-electron chi connectivity index (χ4n) is 2.03. The summed E-state index contributed by atoms with van der Waals surface area (Å²) in [4.78, 5) is 14.4. The lowest BCUT2D eigenvalue weighted by Crippen LogP contribution is -2.25. The molecular weight excluding hydrogens is 270 g/mol. The Morgan fingerprint density at radius 1 is 1.30 bits per heavy atom. The number of aliphatic carboxylic acids is 1. The molecule has 0 aromatic carbocycles. The molecule has 0 saturated heterocycles. The Bertz CT molecular complexity index is 418. The smallest absolute Gasteiger partial charge is 0.328 e. The largest absolute Gasteiger partial charge is 0.478 e. The molecule has 112 valence electrons. The standard InChI is InChI=1S/C16H25NO2S/c1-3-5-10-17(11-6-4-2)13-15-14(9-12-20-15)7-8-16(18)19/h7-9,12H,3-6,10-11,13H2,1-2H3,(H,18,19). The Morgan fingerprint density at radius 3 is 2.50 bits per heavy atom. The average molecular weight is 295 g/mol. The van der Waals surface area contributed by atoms with E-state index in [0.717, 1.165) is 25.2 Å². The third kappa shape index (κ3) is 6.35. The van der Waals surface area contributed by atoms with Gasteiger partial charge < -0.3 is 5.11 Å². The molecule has 1 rings (SSSR count). The second kappa shape index (κ2) is 9.72. The summed E-state index contributed by atoms with van der Waals surface area (Å²) in [7, 11) is 0. The van der Waals surface area contributed by atoms with Gasteiger partial charge in [-0.05, 0) is 49.0 Å². The fraction of sp³-hybridized carbons (Fsp3) is 0.562.